The third kappa shape index (κ3) is 1.95. The van der Waals surface area contributed by atoms with Crippen LogP contribution in [0.5, 0.6) is 11.5 Å². The topological polar surface area (TPSA) is 52.6 Å². The standard InChI is InChI=1S/C12H10O4/c13-4-2-1-3-9-5-11-12(16-8-15-11)6-10(9)7-14/h1,3-7H,2,8H2. The Bertz CT molecular complexity index is 449. The number of hydrogen-bond acceptors (Lipinski definition) is 4. The predicted octanol–water partition coefficient (Wildman–Crippen LogP) is 1.83. The highest BCUT2D eigenvalue weighted by Gasteiger charge is 2.15. The maximum absolute atomic E-state index is 10.9. The van der Waals surface area contributed by atoms with Crippen LogP contribution < -0.4 is 9.47 Å². The minimum atomic E-state index is 0.176. The van der Waals surface area contributed by atoms with Gasteiger partial charge in [0.1, 0.15) is 6.29 Å². The zero-order valence-electron chi connectivity index (χ0n) is 8.51. The highest BCUT2D eigenvalue weighted by Crippen LogP contribution is 2.34. The average molecular weight is 218 g/mol. The zero-order valence-corrected chi connectivity index (χ0v) is 8.51. The highest BCUT2D eigenvalue weighted by atomic mass is 16.7. The van der Waals surface area contributed by atoms with Gasteiger partial charge < -0.3 is 14.3 Å². The lowest BCUT2D eigenvalue weighted by molar-refractivity contribution is -0.107. The van der Waals surface area contributed by atoms with Crippen molar-refractivity contribution in [1.82, 2.24) is 0 Å². The molecular formula is C12H10O4. The van der Waals surface area contributed by atoms with E-state index in [1.807, 2.05) is 0 Å². The van der Waals surface area contributed by atoms with E-state index in [-0.39, 0.29) is 6.79 Å². The van der Waals surface area contributed by atoms with Gasteiger partial charge in [-0.15, -0.1) is 0 Å². The van der Waals surface area contributed by atoms with Crippen molar-refractivity contribution in [2.45, 2.75) is 6.42 Å². The van der Waals surface area contributed by atoms with Crippen LogP contribution in [0.15, 0.2) is 18.2 Å². The molecule has 0 atom stereocenters. The second-order valence-corrected chi connectivity index (χ2v) is 3.26. The van der Waals surface area contributed by atoms with Crippen LogP contribution in [0.2, 0.25) is 0 Å². The minimum Gasteiger partial charge on any atom is -0.454 e. The smallest absolute Gasteiger partial charge is 0.231 e. The number of fused-ring (bicyclic) bond motifs is 1. The first-order valence-corrected chi connectivity index (χ1v) is 4.84. The first kappa shape index (κ1) is 10.4. The molecule has 4 nitrogen and oxygen atoms in total. The fourth-order valence-electron chi connectivity index (χ4n) is 1.47. The van der Waals surface area contributed by atoms with Gasteiger partial charge in [-0.05, 0) is 17.7 Å². The molecule has 0 saturated carbocycles. The van der Waals surface area contributed by atoms with E-state index in [1.54, 1.807) is 24.3 Å². The summed E-state index contributed by atoms with van der Waals surface area (Å²) in [5.74, 6) is 1.20. The fourth-order valence-corrected chi connectivity index (χ4v) is 1.47. The van der Waals surface area contributed by atoms with Gasteiger partial charge in [0.15, 0.2) is 17.8 Å². The number of aldehydes is 2. The third-order valence-electron chi connectivity index (χ3n) is 2.23. The first-order chi connectivity index (χ1) is 7.85. The summed E-state index contributed by atoms with van der Waals surface area (Å²) in [7, 11) is 0. The summed E-state index contributed by atoms with van der Waals surface area (Å²) in [6.07, 6.45) is 5.29. The molecule has 1 aliphatic rings. The maximum atomic E-state index is 10.9. The van der Waals surface area contributed by atoms with Gasteiger partial charge in [-0.3, -0.25) is 4.79 Å². The molecule has 0 radical (unpaired) electrons. The second kappa shape index (κ2) is 4.61. The lowest BCUT2D eigenvalue weighted by Crippen LogP contribution is -1.92. The summed E-state index contributed by atoms with van der Waals surface area (Å²) >= 11 is 0. The number of hydrogen-bond donors (Lipinski definition) is 0. The van der Waals surface area contributed by atoms with Gasteiger partial charge in [0, 0.05) is 12.0 Å². The van der Waals surface area contributed by atoms with E-state index in [0.29, 0.717) is 23.5 Å². The fraction of sp³-hybridized carbons (Fsp3) is 0.167. The van der Waals surface area contributed by atoms with Crippen LogP contribution in [0.3, 0.4) is 0 Å². The Morgan fingerprint density at radius 1 is 1.12 bits per heavy atom. The summed E-state index contributed by atoms with van der Waals surface area (Å²) < 4.78 is 10.4. The summed E-state index contributed by atoms with van der Waals surface area (Å²) in [6.45, 7) is 0.176. The van der Waals surface area contributed by atoms with E-state index in [4.69, 9.17) is 9.47 Å². The molecule has 0 spiro atoms. The highest BCUT2D eigenvalue weighted by molar-refractivity contribution is 5.84. The second-order valence-electron chi connectivity index (χ2n) is 3.26. The lowest BCUT2D eigenvalue weighted by Gasteiger charge is -2.01. The van der Waals surface area contributed by atoms with Gasteiger partial charge in [-0.1, -0.05) is 12.2 Å². The molecule has 0 saturated heterocycles. The molecule has 82 valence electrons. The van der Waals surface area contributed by atoms with Crippen LogP contribution in [0.4, 0.5) is 0 Å². The first-order valence-electron chi connectivity index (χ1n) is 4.84. The molecular weight excluding hydrogens is 208 g/mol. The lowest BCUT2D eigenvalue weighted by atomic mass is 10.1. The quantitative estimate of drug-likeness (QED) is 0.723. The molecule has 1 aromatic carbocycles. The number of allylic oxidation sites excluding steroid dienone is 1. The van der Waals surface area contributed by atoms with E-state index < -0.39 is 0 Å². The largest absolute Gasteiger partial charge is 0.454 e. The Balaban J connectivity index is 2.35. The predicted molar refractivity (Wildman–Crippen MR) is 57.7 cm³/mol. The number of benzene rings is 1. The number of ether oxygens (including phenoxy) is 2. The van der Waals surface area contributed by atoms with Crippen molar-refractivity contribution in [3.05, 3.63) is 29.3 Å². The van der Waals surface area contributed by atoms with Gasteiger partial charge in [0.25, 0.3) is 0 Å². The van der Waals surface area contributed by atoms with Gasteiger partial charge in [0.2, 0.25) is 6.79 Å². The summed E-state index contributed by atoms with van der Waals surface area (Å²) in [4.78, 5) is 21.0. The van der Waals surface area contributed by atoms with Crippen molar-refractivity contribution in [3.63, 3.8) is 0 Å². The van der Waals surface area contributed by atoms with Gasteiger partial charge in [0.05, 0.1) is 0 Å². The van der Waals surface area contributed by atoms with Crippen LogP contribution in [0.1, 0.15) is 22.3 Å². The molecule has 1 aliphatic heterocycles. The van der Waals surface area contributed by atoms with Crippen molar-refractivity contribution in [3.8, 4) is 11.5 Å². The summed E-state index contributed by atoms with van der Waals surface area (Å²) in [5, 5.41) is 0. The molecule has 16 heavy (non-hydrogen) atoms. The molecule has 4 heteroatoms. The number of carbonyl (C=O) groups is 2. The molecule has 0 N–H and O–H groups in total. The van der Waals surface area contributed by atoms with Crippen LogP contribution >= 0.6 is 0 Å². The Morgan fingerprint density at radius 3 is 2.44 bits per heavy atom. The van der Waals surface area contributed by atoms with E-state index >= 15 is 0 Å². The van der Waals surface area contributed by atoms with E-state index in [2.05, 4.69) is 0 Å². The Kier molecular flexibility index (Phi) is 3.00. The zero-order chi connectivity index (χ0) is 11.4. The Hall–Kier alpha value is -2.10. The van der Waals surface area contributed by atoms with Gasteiger partial charge in [-0.25, -0.2) is 0 Å². The van der Waals surface area contributed by atoms with Gasteiger partial charge in [-0.2, -0.15) is 0 Å². The molecule has 0 aliphatic carbocycles. The van der Waals surface area contributed by atoms with Crippen LogP contribution in [0, 0.1) is 0 Å². The SMILES string of the molecule is O=CCC=Cc1cc2c(cc1C=O)OCO2. The third-order valence-corrected chi connectivity index (χ3v) is 2.23. The normalized spacial score (nSPS) is 13.0. The Labute approximate surface area is 92.5 Å². The van der Waals surface area contributed by atoms with Crippen molar-refractivity contribution in [2.75, 3.05) is 6.79 Å². The molecule has 0 aromatic heterocycles. The van der Waals surface area contributed by atoms with Gasteiger partial charge >= 0.3 is 0 Å². The number of carbonyl (C=O) groups excluding carboxylic acids is 2. The molecule has 1 aromatic rings. The van der Waals surface area contributed by atoms with E-state index in [9.17, 15) is 9.59 Å². The molecule has 0 fully saturated rings. The van der Waals surface area contributed by atoms with Crippen LogP contribution in [0.25, 0.3) is 6.08 Å². The molecule has 1 heterocycles. The summed E-state index contributed by atoms with van der Waals surface area (Å²) in [6, 6.07) is 3.36. The maximum Gasteiger partial charge on any atom is 0.231 e. The van der Waals surface area contributed by atoms with Crippen LogP contribution in [-0.2, 0) is 4.79 Å². The van der Waals surface area contributed by atoms with Crippen molar-refractivity contribution in [2.24, 2.45) is 0 Å². The van der Waals surface area contributed by atoms with Crippen molar-refractivity contribution >= 4 is 18.6 Å². The summed E-state index contributed by atoms with van der Waals surface area (Å²) in [5.41, 5.74) is 1.24. The molecule has 2 rings (SSSR count). The van der Waals surface area contributed by atoms with Crippen molar-refractivity contribution < 1.29 is 19.1 Å². The minimum absolute atomic E-state index is 0.176. The molecule has 0 amide bonds. The molecule has 0 bridgehead atoms. The number of rotatable bonds is 4. The van der Waals surface area contributed by atoms with E-state index in [1.165, 1.54) is 0 Å². The van der Waals surface area contributed by atoms with Crippen molar-refractivity contribution in [1.29, 1.82) is 0 Å². The monoisotopic (exact) mass is 218 g/mol. The average Bonchev–Trinajstić information content (AvgIpc) is 2.75. The van der Waals surface area contributed by atoms with E-state index in [0.717, 1.165) is 18.1 Å². The Morgan fingerprint density at radius 2 is 1.81 bits per heavy atom. The van der Waals surface area contributed by atoms with Crippen LogP contribution in [-0.4, -0.2) is 19.4 Å². The molecule has 0 unspecified atom stereocenters.